The summed E-state index contributed by atoms with van der Waals surface area (Å²) in [4.78, 5) is 12.4. The molecule has 6 heteroatoms. The maximum Gasteiger partial charge on any atom is 0.212 e. The number of nitrogens with zero attached hydrogens (tertiary/aromatic N) is 2. The Balaban J connectivity index is 2.49. The van der Waals surface area contributed by atoms with E-state index in [4.69, 9.17) is 23.2 Å². The molecular formula is C13H11Cl2FN2O. The predicted octanol–water partition coefficient (Wildman–Crippen LogP) is 4.14. The summed E-state index contributed by atoms with van der Waals surface area (Å²) in [5.41, 5.74) is 0.435. The number of hydrogen-bond acceptors (Lipinski definition) is 2. The Morgan fingerprint density at radius 2 is 2.00 bits per heavy atom. The van der Waals surface area contributed by atoms with Crippen LogP contribution < -0.4 is 0 Å². The van der Waals surface area contributed by atoms with Gasteiger partial charge in [0.15, 0.2) is 0 Å². The number of ketones is 1. The second-order valence-corrected chi connectivity index (χ2v) is 5.15. The zero-order valence-corrected chi connectivity index (χ0v) is 11.8. The average Bonchev–Trinajstić information content (AvgIpc) is 2.74. The Labute approximate surface area is 119 Å². The minimum Gasteiger partial charge on any atom is -0.287 e. The van der Waals surface area contributed by atoms with Crippen LogP contribution in [0.25, 0.3) is 0 Å². The van der Waals surface area contributed by atoms with Crippen molar-refractivity contribution in [2.75, 3.05) is 0 Å². The van der Waals surface area contributed by atoms with Gasteiger partial charge < -0.3 is 0 Å². The Morgan fingerprint density at radius 3 is 2.58 bits per heavy atom. The van der Waals surface area contributed by atoms with Gasteiger partial charge >= 0.3 is 0 Å². The zero-order valence-electron chi connectivity index (χ0n) is 10.3. The van der Waals surface area contributed by atoms with Crippen LogP contribution in [0, 0.1) is 5.82 Å². The lowest BCUT2D eigenvalue weighted by molar-refractivity contribution is 0.102. The lowest BCUT2D eigenvalue weighted by Crippen LogP contribution is -2.14. The molecule has 1 aromatic carbocycles. The summed E-state index contributed by atoms with van der Waals surface area (Å²) < 4.78 is 14.9. The van der Waals surface area contributed by atoms with Crippen molar-refractivity contribution in [1.29, 1.82) is 0 Å². The molecule has 0 N–H and O–H groups in total. The third kappa shape index (κ3) is 2.65. The first-order valence-corrected chi connectivity index (χ1v) is 6.40. The van der Waals surface area contributed by atoms with Gasteiger partial charge in [0.1, 0.15) is 11.5 Å². The summed E-state index contributed by atoms with van der Waals surface area (Å²) in [6.45, 7) is 3.76. The van der Waals surface area contributed by atoms with Crippen LogP contribution in [-0.2, 0) is 0 Å². The van der Waals surface area contributed by atoms with Crippen molar-refractivity contribution in [1.82, 2.24) is 9.78 Å². The van der Waals surface area contributed by atoms with Crippen molar-refractivity contribution in [2.45, 2.75) is 19.9 Å². The van der Waals surface area contributed by atoms with E-state index >= 15 is 0 Å². The quantitative estimate of drug-likeness (QED) is 0.799. The summed E-state index contributed by atoms with van der Waals surface area (Å²) in [5.74, 6) is -1.02. The molecule has 0 saturated heterocycles. The average molecular weight is 301 g/mol. The number of benzene rings is 1. The van der Waals surface area contributed by atoms with Crippen molar-refractivity contribution < 1.29 is 9.18 Å². The molecule has 0 bridgehead atoms. The minimum absolute atomic E-state index is 0.0244. The third-order valence-electron chi connectivity index (χ3n) is 2.64. The highest BCUT2D eigenvalue weighted by molar-refractivity contribution is 6.34. The van der Waals surface area contributed by atoms with Crippen LogP contribution in [0.3, 0.4) is 0 Å². The topological polar surface area (TPSA) is 34.9 Å². The van der Waals surface area contributed by atoms with Gasteiger partial charge in [-0.1, -0.05) is 23.2 Å². The molecule has 0 aliphatic carbocycles. The molecule has 2 rings (SSSR count). The van der Waals surface area contributed by atoms with Crippen LogP contribution in [0.15, 0.2) is 24.4 Å². The van der Waals surface area contributed by atoms with Crippen molar-refractivity contribution in [2.24, 2.45) is 0 Å². The molecule has 2 aromatic rings. The van der Waals surface area contributed by atoms with E-state index in [-0.39, 0.29) is 33.1 Å². The van der Waals surface area contributed by atoms with E-state index in [9.17, 15) is 9.18 Å². The monoisotopic (exact) mass is 300 g/mol. The van der Waals surface area contributed by atoms with Crippen molar-refractivity contribution in [3.05, 3.63) is 51.5 Å². The van der Waals surface area contributed by atoms with Gasteiger partial charge in [-0.25, -0.2) is 4.39 Å². The van der Waals surface area contributed by atoms with Crippen LogP contribution >= 0.6 is 23.2 Å². The fourth-order valence-electron chi connectivity index (χ4n) is 1.72. The molecule has 19 heavy (non-hydrogen) atoms. The maximum absolute atomic E-state index is 13.4. The molecule has 0 atom stereocenters. The molecule has 0 spiro atoms. The number of rotatable bonds is 3. The van der Waals surface area contributed by atoms with E-state index < -0.39 is 5.82 Å². The second-order valence-electron chi connectivity index (χ2n) is 4.34. The third-order valence-corrected chi connectivity index (χ3v) is 3.22. The first-order chi connectivity index (χ1) is 8.91. The van der Waals surface area contributed by atoms with E-state index in [1.165, 1.54) is 23.0 Å². The van der Waals surface area contributed by atoms with Crippen LogP contribution in [0.4, 0.5) is 4.39 Å². The Bertz CT molecular complexity index is 638. The molecule has 3 nitrogen and oxygen atoms in total. The van der Waals surface area contributed by atoms with Gasteiger partial charge in [0.05, 0.1) is 16.2 Å². The lowest BCUT2D eigenvalue weighted by atomic mass is 10.1. The number of carbonyl (C=O) groups excluding carboxylic acids is 1. The lowest BCUT2D eigenvalue weighted by Gasteiger charge is -2.10. The molecule has 0 radical (unpaired) electrons. The largest absolute Gasteiger partial charge is 0.287 e. The van der Waals surface area contributed by atoms with Crippen LogP contribution in [0.2, 0.25) is 10.0 Å². The minimum atomic E-state index is -0.640. The van der Waals surface area contributed by atoms with Crippen molar-refractivity contribution in [3.63, 3.8) is 0 Å². The first kappa shape index (κ1) is 14.0. The molecule has 100 valence electrons. The predicted molar refractivity (Wildman–Crippen MR) is 72.5 cm³/mol. The van der Waals surface area contributed by atoms with Crippen LogP contribution in [0.5, 0.6) is 0 Å². The van der Waals surface area contributed by atoms with E-state index in [2.05, 4.69) is 5.10 Å². The first-order valence-electron chi connectivity index (χ1n) is 5.64. The Kier molecular flexibility index (Phi) is 3.92. The van der Waals surface area contributed by atoms with E-state index in [0.29, 0.717) is 0 Å². The summed E-state index contributed by atoms with van der Waals surface area (Å²) in [5, 5.41) is 4.26. The van der Waals surface area contributed by atoms with Gasteiger partial charge in [-0.15, -0.1) is 0 Å². The highest BCUT2D eigenvalue weighted by atomic mass is 35.5. The fourth-order valence-corrected chi connectivity index (χ4v) is 2.05. The molecule has 0 aliphatic rings. The SMILES string of the molecule is CC(C)n1ncc(Cl)c1C(=O)c1ccc(Cl)c(F)c1. The van der Waals surface area contributed by atoms with E-state index in [0.717, 1.165) is 6.07 Å². The van der Waals surface area contributed by atoms with E-state index in [1.807, 2.05) is 13.8 Å². The normalized spacial score (nSPS) is 11.1. The van der Waals surface area contributed by atoms with E-state index in [1.54, 1.807) is 0 Å². The summed E-state index contributed by atoms with van der Waals surface area (Å²) in [6, 6.07) is 3.87. The van der Waals surface area contributed by atoms with Gasteiger partial charge in [0.2, 0.25) is 5.78 Å². The molecule has 0 fully saturated rings. The number of aromatic nitrogens is 2. The van der Waals surface area contributed by atoms with Crippen molar-refractivity contribution >= 4 is 29.0 Å². The molecule has 0 aliphatic heterocycles. The molecular weight excluding hydrogens is 290 g/mol. The van der Waals surface area contributed by atoms with Gasteiger partial charge in [-0.3, -0.25) is 9.48 Å². The molecule has 0 saturated carbocycles. The zero-order chi connectivity index (χ0) is 14.2. The number of halogens is 3. The maximum atomic E-state index is 13.4. The molecule has 0 amide bonds. The number of carbonyl (C=O) groups is 1. The molecule has 1 heterocycles. The van der Waals surface area contributed by atoms with Gasteiger partial charge in [0, 0.05) is 11.6 Å². The highest BCUT2D eigenvalue weighted by Gasteiger charge is 2.21. The van der Waals surface area contributed by atoms with Crippen LogP contribution in [0.1, 0.15) is 35.9 Å². The summed E-state index contributed by atoms with van der Waals surface area (Å²) in [7, 11) is 0. The fraction of sp³-hybridized carbons (Fsp3) is 0.231. The Hall–Kier alpha value is -1.39. The number of hydrogen-bond donors (Lipinski definition) is 0. The van der Waals surface area contributed by atoms with Crippen LogP contribution in [-0.4, -0.2) is 15.6 Å². The Morgan fingerprint density at radius 1 is 1.32 bits per heavy atom. The standard InChI is InChI=1S/C13H11Cl2FN2O/c1-7(2)18-12(10(15)6-17-18)13(19)8-3-4-9(14)11(16)5-8/h3-7H,1-2H3. The van der Waals surface area contributed by atoms with Gasteiger partial charge in [0.25, 0.3) is 0 Å². The highest BCUT2D eigenvalue weighted by Crippen LogP contribution is 2.24. The smallest absolute Gasteiger partial charge is 0.212 e. The summed E-state index contributed by atoms with van der Waals surface area (Å²) >= 11 is 11.6. The molecule has 0 unspecified atom stereocenters. The second kappa shape index (κ2) is 5.31. The van der Waals surface area contributed by atoms with Gasteiger partial charge in [-0.05, 0) is 32.0 Å². The van der Waals surface area contributed by atoms with Crippen molar-refractivity contribution in [3.8, 4) is 0 Å². The summed E-state index contributed by atoms with van der Waals surface area (Å²) in [6.07, 6.45) is 1.40. The molecule has 1 aromatic heterocycles. The van der Waals surface area contributed by atoms with Gasteiger partial charge in [-0.2, -0.15) is 5.10 Å².